The van der Waals surface area contributed by atoms with Gasteiger partial charge in [-0.15, -0.1) is 0 Å². The van der Waals surface area contributed by atoms with E-state index in [0.717, 1.165) is 53.9 Å². The summed E-state index contributed by atoms with van der Waals surface area (Å²) in [5.74, 6) is 0.933. The zero-order valence-electron chi connectivity index (χ0n) is 16.1. The largest absolute Gasteiger partial charge is 0.493 e. The Bertz CT molecular complexity index is 659. The highest BCUT2D eigenvalue weighted by molar-refractivity contribution is 5.46. The topological polar surface area (TPSA) is 29.5 Å². The second kappa shape index (κ2) is 9.62. The van der Waals surface area contributed by atoms with Crippen molar-refractivity contribution in [1.29, 1.82) is 0 Å². The van der Waals surface area contributed by atoms with Crippen LogP contribution in [0.25, 0.3) is 0 Å². The van der Waals surface area contributed by atoms with Crippen molar-refractivity contribution in [1.82, 2.24) is 0 Å². The van der Waals surface area contributed by atoms with Crippen molar-refractivity contribution < 1.29 is 9.84 Å². The summed E-state index contributed by atoms with van der Waals surface area (Å²) in [6.07, 6.45) is 5.11. The van der Waals surface area contributed by atoms with E-state index in [1.54, 1.807) is 0 Å². The van der Waals surface area contributed by atoms with Crippen molar-refractivity contribution in [2.24, 2.45) is 0 Å². The van der Waals surface area contributed by atoms with Crippen molar-refractivity contribution in [3.8, 4) is 5.75 Å². The first-order valence-corrected chi connectivity index (χ1v) is 9.58. The van der Waals surface area contributed by atoms with Crippen LogP contribution < -0.4 is 4.74 Å². The molecule has 136 valence electrons. The van der Waals surface area contributed by atoms with E-state index in [0.29, 0.717) is 0 Å². The van der Waals surface area contributed by atoms with Gasteiger partial charge < -0.3 is 9.84 Å². The molecular weight excluding hydrogens is 308 g/mol. The molecule has 0 amide bonds. The molecular formula is C23H32O2. The first-order chi connectivity index (χ1) is 12.1. The molecule has 2 heteroatoms. The summed E-state index contributed by atoms with van der Waals surface area (Å²) >= 11 is 0. The average molecular weight is 341 g/mol. The Morgan fingerprint density at radius 3 is 2.24 bits per heavy atom. The summed E-state index contributed by atoms with van der Waals surface area (Å²) in [6.45, 7) is 9.28. The van der Waals surface area contributed by atoms with E-state index in [9.17, 15) is 5.11 Å². The molecule has 0 heterocycles. The quantitative estimate of drug-likeness (QED) is 0.575. The van der Waals surface area contributed by atoms with E-state index in [4.69, 9.17) is 4.74 Å². The second-order valence-corrected chi connectivity index (χ2v) is 6.85. The maximum atomic E-state index is 10.8. The highest BCUT2D eigenvalue weighted by atomic mass is 16.5. The molecule has 2 aromatic carbocycles. The van der Waals surface area contributed by atoms with Crippen molar-refractivity contribution in [2.45, 2.75) is 65.9 Å². The van der Waals surface area contributed by atoms with Crippen LogP contribution >= 0.6 is 0 Å². The maximum absolute atomic E-state index is 10.8. The van der Waals surface area contributed by atoms with Crippen LogP contribution in [-0.4, -0.2) is 11.7 Å². The Labute approximate surface area is 152 Å². The fraction of sp³-hybridized carbons (Fsp3) is 0.478. The molecule has 0 saturated carbocycles. The third kappa shape index (κ3) is 5.09. The van der Waals surface area contributed by atoms with Crippen molar-refractivity contribution in [3.63, 3.8) is 0 Å². The van der Waals surface area contributed by atoms with Gasteiger partial charge in [0.1, 0.15) is 11.9 Å². The highest BCUT2D eigenvalue weighted by Crippen LogP contribution is 2.31. The standard InChI is InChI=1S/C23H32O2/c1-5-7-8-16-25-22-15-14-21(17(3)18(22)4)23(24)20-12-10-19(9-6-2)11-13-20/h10-15,23-24H,5-9,16H2,1-4H3. The predicted octanol–water partition coefficient (Wildman–Crippen LogP) is 5.91. The van der Waals surface area contributed by atoms with Gasteiger partial charge in [-0.25, -0.2) is 0 Å². The first kappa shape index (κ1) is 19.5. The first-order valence-electron chi connectivity index (χ1n) is 9.58. The Hall–Kier alpha value is -1.80. The molecule has 1 unspecified atom stereocenters. The monoisotopic (exact) mass is 340 g/mol. The molecule has 1 atom stereocenters. The Morgan fingerprint density at radius 2 is 1.60 bits per heavy atom. The summed E-state index contributed by atoms with van der Waals surface area (Å²) in [4.78, 5) is 0. The maximum Gasteiger partial charge on any atom is 0.122 e. The van der Waals surface area contributed by atoms with Crippen LogP contribution in [0.5, 0.6) is 5.75 Å². The molecule has 0 bridgehead atoms. The fourth-order valence-corrected chi connectivity index (χ4v) is 3.14. The van der Waals surface area contributed by atoms with Gasteiger partial charge >= 0.3 is 0 Å². The Morgan fingerprint density at radius 1 is 0.880 bits per heavy atom. The van der Waals surface area contributed by atoms with Gasteiger partial charge in [0.25, 0.3) is 0 Å². The van der Waals surface area contributed by atoms with E-state index >= 15 is 0 Å². The molecule has 2 rings (SSSR count). The molecule has 1 N–H and O–H groups in total. The number of benzene rings is 2. The number of aliphatic hydroxyl groups is 1. The molecule has 25 heavy (non-hydrogen) atoms. The van der Waals surface area contributed by atoms with Crippen LogP contribution in [0.4, 0.5) is 0 Å². The minimum Gasteiger partial charge on any atom is -0.493 e. The van der Waals surface area contributed by atoms with Gasteiger partial charge in [0.15, 0.2) is 0 Å². The highest BCUT2D eigenvalue weighted by Gasteiger charge is 2.16. The van der Waals surface area contributed by atoms with Gasteiger partial charge in [0.2, 0.25) is 0 Å². The van der Waals surface area contributed by atoms with Gasteiger partial charge in [-0.2, -0.15) is 0 Å². The molecule has 0 saturated heterocycles. The van der Waals surface area contributed by atoms with Gasteiger partial charge in [-0.1, -0.05) is 63.4 Å². The number of ether oxygens (including phenoxy) is 1. The van der Waals surface area contributed by atoms with E-state index in [1.165, 1.54) is 18.4 Å². The third-order valence-corrected chi connectivity index (χ3v) is 4.91. The summed E-state index contributed by atoms with van der Waals surface area (Å²) in [7, 11) is 0. The van der Waals surface area contributed by atoms with E-state index in [-0.39, 0.29) is 0 Å². The lowest BCUT2D eigenvalue weighted by atomic mass is 9.93. The molecule has 0 aliphatic rings. The second-order valence-electron chi connectivity index (χ2n) is 6.85. The Balaban J connectivity index is 2.14. The number of hydrogen-bond donors (Lipinski definition) is 1. The predicted molar refractivity (Wildman–Crippen MR) is 105 cm³/mol. The molecule has 0 aliphatic carbocycles. The van der Waals surface area contributed by atoms with Gasteiger partial charge in [0, 0.05) is 0 Å². The minimum atomic E-state index is -0.594. The normalized spacial score (nSPS) is 12.2. The molecule has 0 aromatic heterocycles. The lowest BCUT2D eigenvalue weighted by Gasteiger charge is -2.19. The van der Waals surface area contributed by atoms with Crippen LogP contribution in [0.3, 0.4) is 0 Å². The fourth-order valence-electron chi connectivity index (χ4n) is 3.14. The molecule has 0 spiro atoms. The number of aliphatic hydroxyl groups excluding tert-OH is 1. The van der Waals surface area contributed by atoms with Crippen LogP contribution in [0.1, 0.15) is 73.5 Å². The van der Waals surface area contributed by atoms with Crippen LogP contribution in [0.15, 0.2) is 36.4 Å². The lowest BCUT2D eigenvalue weighted by Crippen LogP contribution is -2.06. The zero-order chi connectivity index (χ0) is 18.2. The van der Waals surface area contributed by atoms with E-state index < -0.39 is 6.10 Å². The number of unbranched alkanes of at least 4 members (excludes halogenated alkanes) is 2. The Kier molecular flexibility index (Phi) is 7.52. The van der Waals surface area contributed by atoms with Crippen molar-refractivity contribution >= 4 is 0 Å². The van der Waals surface area contributed by atoms with Crippen LogP contribution in [-0.2, 0) is 6.42 Å². The number of hydrogen-bond acceptors (Lipinski definition) is 2. The van der Waals surface area contributed by atoms with Crippen molar-refractivity contribution in [3.05, 3.63) is 64.2 Å². The summed E-state index contributed by atoms with van der Waals surface area (Å²) in [6, 6.07) is 12.3. The van der Waals surface area contributed by atoms with Crippen LogP contribution in [0, 0.1) is 13.8 Å². The van der Waals surface area contributed by atoms with E-state index in [1.807, 2.05) is 24.3 Å². The number of aryl methyl sites for hydroxylation is 1. The summed E-state index contributed by atoms with van der Waals surface area (Å²) in [5.41, 5.74) is 5.46. The number of rotatable bonds is 9. The van der Waals surface area contributed by atoms with Gasteiger partial charge in [-0.3, -0.25) is 0 Å². The summed E-state index contributed by atoms with van der Waals surface area (Å²) < 4.78 is 5.92. The molecule has 2 aromatic rings. The lowest BCUT2D eigenvalue weighted by molar-refractivity contribution is 0.219. The van der Waals surface area contributed by atoms with Crippen LogP contribution in [0.2, 0.25) is 0 Å². The van der Waals surface area contributed by atoms with Gasteiger partial charge in [0.05, 0.1) is 6.61 Å². The molecule has 0 radical (unpaired) electrons. The molecule has 2 nitrogen and oxygen atoms in total. The van der Waals surface area contributed by atoms with Gasteiger partial charge in [-0.05, 0) is 60.6 Å². The van der Waals surface area contributed by atoms with E-state index in [2.05, 4.69) is 39.8 Å². The SMILES string of the molecule is CCCCCOc1ccc(C(O)c2ccc(CCC)cc2)c(C)c1C. The van der Waals surface area contributed by atoms with Crippen molar-refractivity contribution in [2.75, 3.05) is 6.61 Å². The minimum absolute atomic E-state index is 0.594. The zero-order valence-corrected chi connectivity index (χ0v) is 16.1. The smallest absolute Gasteiger partial charge is 0.122 e. The summed E-state index contributed by atoms with van der Waals surface area (Å²) in [5, 5.41) is 10.8. The third-order valence-electron chi connectivity index (χ3n) is 4.91. The molecule has 0 aliphatic heterocycles. The average Bonchev–Trinajstić information content (AvgIpc) is 2.62. The molecule has 0 fully saturated rings.